The zero-order valence-electron chi connectivity index (χ0n) is 6.87. The molecule has 0 spiro atoms. The van der Waals surface area contributed by atoms with Gasteiger partial charge in [0, 0.05) is 6.42 Å². The minimum atomic E-state index is -0.402. The number of nitroso groups, excluding NO2 is 1. The predicted octanol–water partition coefficient (Wildman–Crippen LogP) is 2.78. The van der Waals surface area contributed by atoms with E-state index in [0.717, 1.165) is 5.56 Å². The van der Waals surface area contributed by atoms with Crippen molar-refractivity contribution in [3.05, 3.63) is 34.7 Å². The number of hydrogen-bond donors (Lipinski definition) is 0. The lowest BCUT2D eigenvalue weighted by Crippen LogP contribution is -1.91. The third kappa shape index (κ3) is 2.95. The molecule has 0 radical (unpaired) electrons. The van der Waals surface area contributed by atoms with Crippen LogP contribution in [0.5, 0.6) is 0 Å². The van der Waals surface area contributed by atoms with Crippen LogP contribution in [0.15, 0.2) is 29.4 Å². The van der Waals surface area contributed by atoms with Gasteiger partial charge in [0.15, 0.2) is 0 Å². The molecule has 0 N–H and O–H groups in total. The zero-order chi connectivity index (χ0) is 9.68. The first kappa shape index (κ1) is 9.86. The molecule has 1 aromatic carbocycles. The molecule has 0 atom stereocenters. The maximum atomic E-state index is 10.5. The fourth-order valence-corrected chi connectivity index (χ4v) is 1.14. The lowest BCUT2D eigenvalue weighted by atomic mass is 10.1. The second-order valence-corrected chi connectivity index (χ2v) is 3.00. The highest BCUT2D eigenvalue weighted by Gasteiger charge is 2.03. The van der Waals surface area contributed by atoms with Gasteiger partial charge in [-0.1, -0.05) is 18.2 Å². The van der Waals surface area contributed by atoms with Crippen LogP contribution in [-0.2, 0) is 11.2 Å². The molecule has 4 heteroatoms. The SMILES string of the molecule is O=Nc1ccccc1CCC(=O)Cl. The quantitative estimate of drug-likeness (QED) is 0.550. The summed E-state index contributed by atoms with van der Waals surface area (Å²) in [5.41, 5.74) is 1.13. The summed E-state index contributed by atoms with van der Waals surface area (Å²) in [4.78, 5) is 20.8. The number of rotatable bonds is 4. The van der Waals surface area contributed by atoms with Gasteiger partial charge in [0.05, 0.1) is 0 Å². The third-order valence-electron chi connectivity index (χ3n) is 1.68. The first-order valence-electron chi connectivity index (χ1n) is 3.83. The van der Waals surface area contributed by atoms with Crippen LogP contribution in [0.25, 0.3) is 0 Å². The summed E-state index contributed by atoms with van der Waals surface area (Å²) < 4.78 is 0. The Morgan fingerprint density at radius 3 is 2.69 bits per heavy atom. The number of hydrogen-bond acceptors (Lipinski definition) is 3. The smallest absolute Gasteiger partial charge is 0.221 e. The lowest BCUT2D eigenvalue weighted by Gasteiger charge is -1.99. The number of nitrogens with zero attached hydrogens (tertiary/aromatic N) is 1. The fourth-order valence-electron chi connectivity index (χ4n) is 1.04. The number of carbonyl (C=O) groups is 1. The molecule has 0 fully saturated rings. The Bertz CT molecular complexity index is 325. The van der Waals surface area contributed by atoms with Crippen LogP contribution in [0.1, 0.15) is 12.0 Å². The highest BCUT2D eigenvalue weighted by Crippen LogP contribution is 2.19. The van der Waals surface area contributed by atoms with Gasteiger partial charge in [-0.05, 0) is 34.8 Å². The van der Waals surface area contributed by atoms with Crippen molar-refractivity contribution in [2.75, 3.05) is 0 Å². The minimum absolute atomic E-state index is 0.230. The van der Waals surface area contributed by atoms with Gasteiger partial charge in [-0.25, -0.2) is 0 Å². The van der Waals surface area contributed by atoms with E-state index in [-0.39, 0.29) is 6.42 Å². The zero-order valence-corrected chi connectivity index (χ0v) is 7.62. The molecule has 13 heavy (non-hydrogen) atoms. The Balaban J connectivity index is 2.75. The van der Waals surface area contributed by atoms with Crippen LogP contribution in [0.2, 0.25) is 0 Å². The molecule has 0 amide bonds. The molecular weight excluding hydrogens is 190 g/mol. The van der Waals surface area contributed by atoms with Gasteiger partial charge < -0.3 is 0 Å². The van der Waals surface area contributed by atoms with E-state index in [1.165, 1.54) is 0 Å². The molecule has 0 aliphatic rings. The molecule has 0 aromatic heterocycles. The average molecular weight is 198 g/mol. The Hall–Kier alpha value is -1.22. The van der Waals surface area contributed by atoms with Crippen LogP contribution >= 0.6 is 11.6 Å². The van der Waals surface area contributed by atoms with Crippen LogP contribution in [-0.4, -0.2) is 5.24 Å². The summed E-state index contributed by atoms with van der Waals surface area (Å²) in [7, 11) is 0. The van der Waals surface area contributed by atoms with Gasteiger partial charge in [0.2, 0.25) is 5.24 Å². The first-order chi connectivity index (χ1) is 6.24. The van der Waals surface area contributed by atoms with Crippen molar-refractivity contribution in [1.29, 1.82) is 0 Å². The van der Waals surface area contributed by atoms with Crippen LogP contribution < -0.4 is 0 Å². The van der Waals surface area contributed by atoms with E-state index in [0.29, 0.717) is 12.1 Å². The predicted molar refractivity (Wildman–Crippen MR) is 51.1 cm³/mol. The summed E-state index contributed by atoms with van der Waals surface area (Å²) in [5, 5.41) is 2.44. The van der Waals surface area contributed by atoms with E-state index in [4.69, 9.17) is 11.6 Å². The van der Waals surface area contributed by atoms with Crippen molar-refractivity contribution in [3.8, 4) is 0 Å². The Labute approximate surface area is 80.7 Å². The Morgan fingerprint density at radius 2 is 2.08 bits per heavy atom. The minimum Gasteiger partial charge on any atom is -0.281 e. The topological polar surface area (TPSA) is 46.5 Å². The Morgan fingerprint density at radius 1 is 1.38 bits per heavy atom. The standard InChI is InChI=1S/C9H8ClNO2/c10-9(12)6-5-7-3-1-2-4-8(7)11-13/h1-4H,5-6H2. The largest absolute Gasteiger partial charge is 0.281 e. The number of aryl methyl sites for hydroxylation is 1. The van der Waals surface area contributed by atoms with E-state index < -0.39 is 5.24 Å². The molecular formula is C9H8ClNO2. The molecule has 0 aliphatic carbocycles. The van der Waals surface area contributed by atoms with Crippen molar-refractivity contribution in [2.24, 2.45) is 5.18 Å². The Kier molecular flexibility index (Phi) is 3.58. The van der Waals surface area contributed by atoms with Crippen molar-refractivity contribution >= 4 is 22.5 Å². The third-order valence-corrected chi connectivity index (χ3v) is 1.87. The normalized spacial score (nSPS) is 9.62. The number of benzene rings is 1. The molecule has 0 heterocycles. The van der Waals surface area contributed by atoms with Crippen molar-refractivity contribution < 1.29 is 4.79 Å². The summed E-state index contributed by atoms with van der Waals surface area (Å²) >= 11 is 5.18. The van der Waals surface area contributed by atoms with Crippen molar-refractivity contribution in [1.82, 2.24) is 0 Å². The average Bonchev–Trinajstić information content (AvgIpc) is 2.15. The maximum Gasteiger partial charge on any atom is 0.221 e. The van der Waals surface area contributed by atoms with Gasteiger partial charge in [-0.2, -0.15) is 0 Å². The summed E-state index contributed by atoms with van der Waals surface area (Å²) in [6, 6.07) is 6.89. The van der Waals surface area contributed by atoms with Crippen LogP contribution in [0, 0.1) is 4.91 Å². The van der Waals surface area contributed by atoms with E-state index in [2.05, 4.69) is 5.18 Å². The van der Waals surface area contributed by atoms with Crippen molar-refractivity contribution in [2.45, 2.75) is 12.8 Å². The molecule has 68 valence electrons. The summed E-state index contributed by atoms with van der Waals surface area (Å²) in [6.07, 6.45) is 0.693. The second-order valence-electron chi connectivity index (χ2n) is 2.58. The van der Waals surface area contributed by atoms with Crippen LogP contribution in [0.3, 0.4) is 0 Å². The number of halogens is 1. The fraction of sp³-hybridized carbons (Fsp3) is 0.222. The summed E-state index contributed by atoms with van der Waals surface area (Å²) in [6.45, 7) is 0. The molecule has 0 unspecified atom stereocenters. The second kappa shape index (κ2) is 4.72. The van der Waals surface area contributed by atoms with Gasteiger partial charge >= 0.3 is 0 Å². The maximum absolute atomic E-state index is 10.5. The van der Waals surface area contributed by atoms with Crippen LogP contribution in [0.4, 0.5) is 5.69 Å². The van der Waals surface area contributed by atoms with E-state index in [1.807, 2.05) is 0 Å². The highest BCUT2D eigenvalue weighted by molar-refractivity contribution is 6.63. The molecule has 1 aromatic rings. The van der Waals surface area contributed by atoms with Gasteiger partial charge in [-0.15, -0.1) is 4.91 Å². The number of carbonyl (C=O) groups excluding carboxylic acids is 1. The monoisotopic (exact) mass is 197 g/mol. The highest BCUT2D eigenvalue weighted by atomic mass is 35.5. The molecule has 0 aliphatic heterocycles. The van der Waals surface area contributed by atoms with E-state index in [9.17, 15) is 9.70 Å². The molecule has 0 bridgehead atoms. The molecule has 1 rings (SSSR count). The van der Waals surface area contributed by atoms with Gasteiger partial charge in [-0.3, -0.25) is 4.79 Å². The molecule has 0 saturated heterocycles. The van der Waals surface area contributed by atoms with Gasteiger partial charge in [0.1, 0.15) is 5.69 Å². The summed E-state index contributed by atoms with van der Waals surface area (Å²) in [5.74, 6) is 0. The van der Waals surface area contributed by atoms with E-state index >= 15 is 0 Å². The first-order valence-corrected chi connectivity index (χ1v) is 4.21. The lowest BCUT2D eigenvalue weighted by molar-refractivity contribution is -0.111. The molecule has 3 nitrogen and oxygen atoms in total. The van der Waals surface area contributed by atoms with Gasteiger partial charge in [0.25, 0.3) is 0 Å². The van der Waals surface area contributed by atoms with E-state index in [1.54, 1.807) is 24.3 Å². The molecule has 0 saturated carbocycles. The van der Waals surface area contributed by atoms with Crippen molar-refractivity contribution in [3.63, 3.8) is 0 Å².